The third kappa shape index (κ3) is 3.29. The van der Waals surface area contributed by atoms with Crippen molar-refractivity contribution >= 4 is 11.7 Å². The molecule has 0 fully saturated rings. The molecule has 5 rings (SSSR count). The summed E-state index contributed by atoms with van der Waals surface area (Å²) in [6, 6.07) is 4.69. The highest BCUT2D eigenvalue weighted by atomic mass is 19.4. The maximum Gasteiger partial charge on any atom is 0.453 e. The van der Waals surface area contributed by atoms with Gasteiger partial charge in [-0.15, -0.1) is 5.10 Å². The molecule has 1 aromatic carbocycles. The maximum atomic E-state index is 13.9. The number of benzene rings is 1. The monoisotopic (exact) mass is 436 g/mol. The molecule has 0 saturated heterocycles. The van der Waals surface area contributed by atoms with Gasteiger partial charge in [-0.3, -0.25) is 4.79 Å². The lowest BCUT2D eigenvalue weighted by Crippen LogP contribution is -2.33. The fourth-order valence-corrected chi connectivity index (χ4v) is 4.10. The van der Waals surface area contributed by atoms with Crippen LogP contribution >= 0.6 is 0 Å². The van der Waals surface area contributed by atoms with Gasteiger partial charge in [-0.1, -0.05) is 0 Å². The van der Waals surface area contributed by atoms with Crippen molar-refractivity contribution in [1.82, 2.24) is 14.8 Å². The standard InChI is InChI=1S/C20H13F5N4O2/c21-11-4-10(5-12(22)8-11)17-16-13(6-9(7-14(16)30)15-2-1-3-31-15)26-19-27-18(20(23,24)25)28-29(17)19/h1-5,8-9,17H,6-7H2,(H,26,27,28)/t9-,17+/m1/s1. The van der Waals surface area contributed by atoms with E-state index in [1.807, 2.05) is 0 Å². The van der Waals surface area contributed by atoms with Crippen LogP contribution in [0.5, 0.6) is 0 Å². The Morgan fingerprint density at radius 1 is 1.13 bits per heavy atom. The van der Waals surface area contributed by atoms with Gasteiger partial charge < -0.3 is 9.73 Å². The van der Waals surface area contributed by atoms with Gasteiger partial charge in [-0.2, -0.15) is 18.2 Å². The average molecular weight is 436 g/mol. The number of nitrogens with zero attached hydrogens (tertiary/aromatic N) is 3. The van der Waals surface area contributed by atoms with Gasteiger partial charge in [0.1, 0.15) is 23.4 Å². The van der Waals surface area contributed by atoms with E-state index in [9.17, 15) is 26.7 Å². The van der Waals surface area contributed by atoms with Crippen molar-refractivity contribution in [3.05, 3.63) is 76.6 Å². The van der Waals surface area contributed by atoms with Crippen molar-refractivity contribution in [1.29, 1.82) is 0 Å². The quantitative estimate of drug-likeness (QED) is 0.596. The highest BCUT2D eigenvalue weighted by molar-refractivity contribution is 6.00. The number of Topliss-reactive ketones (excluding diaryl/α,β-unsaturated/α-hetero) is 1. The lowest BCUT2D eigenvalue weighted by molar-refractivity contribution is -0.145. The molecule has 1 aliphatic heterocycles. The summed E-state index contributed by atoms with van der Waals surface area (Å²) in [6.45, 7) is 0. The van der Waals surface area contributed by atoms with E-state index in [0.29, 0.717) is 17.5 Å². The third-order valence-corrected chi connectivity index (χ3v) is 5.32. The number of ketones is 1. The van der Waals surface area contributed by atoms with Gasteiger partial charge in [0.25, 0.3) is 5.82 Å². The van der Waals surface area contributed by atoms with Crippen LogP contribution in [0.2, 0.25) is 0 Å². The van der Waals surface area contributed by atoms with Crippen molar-refractivity contribution in [3.8, 4) is 0 Å². The summed E-state index contributed by atoms with van der Waals surface area (Å²) in [5.74, 6) is -3.72. The summed E-state index contributed by atoms with van der Waals surface area (Å²) < 4.78 is 73.8. The Bertz CT molecular complexity index is 1190. The molecule has 31 heavy (non-hydrogen) atoms. The zero-order valence-electron chi connectivity index (χ0n) is 15.6. The van der Waals surface area contributed by atoms with Crippen LogP contribution in [0.3, 0.4) is 0 Å². The normalized spacial score (nSPS) is 21.0. The van der Waals surface area contributed by atoms with Gasteiger partial charge in [0.05, 0.1) is 6.26 Å². The minimum Gasteiger partial charge on any atom is -0.469 e. The van der Waals surface area contributed by atoms with Crippen molar-refractivity contribution < 1.29 is 31.2 Å². The molecule has 0 amide bonds. The molecule has 0 spiro atoms. The van der Waals surface area contributed by atoms with Gasteiger partial charge >= 0.3 is 6.18 Å². The number of furan rings is 1. The first-order chi connectivity index (χ1) is 14.7. The second-order valence-corrected chi connectivity index (χ2v) is 7.37. The van der Waals surface area contributed by atoms with E-state index in [4.69, 9.17) is 4.42 Å². The van der Waals surface area contributed by atoms with Crippen molar-refractivity contribution in [3.63, 3.8) is 0 Å². The third-order valence-electron chi connectivity index (χ3n) is 5.32. The molecule has 1 N–H and O–H groups in total. The summed E-state index contributed by atoms with van der Waals surface area (Å²) in [7, 11) is 0. The lowest BCUT2D eigenvalue weighted by atomic mass is 9.79. The van der Waals surface area contributed by atoms with Crippen LogP contribution in [0.4, 0.5) is 27.9 Å². The molecule has 0 bridgehead atoms. The number of aromatic nitrogens is 3. The molecule has 0 radical (unpaired) electrons. The Kier molecular flexibility index (Phi) is 4.24. The van der Waals surface area contributed by atoms with Crippen molar-refractivity contribution in [2.45, 2.75) is 31.0 Å². The molecule has 2 aliphatic rings. The van der Waals surface area contributed by atoms with Gasteiger partial charge in [0.2, 0.25) is 5.95 Å². The van der Waals surface area contributed by atoms with Gasteiger partial charge in [0.15, 0.2) is 5.78 Å². The van der Waals surface area contributed by atoms with Crippen LogP contribution < -0.4 is 5.32 Å². The van der Waals surface area contributed by atoms with Gasteiger partial charge in [-0.05, 0) is 36.2 Å². The van der Waals surface area contributed by atoms with E-state index < -0.39 is 29.7 Å². The number of hydrogen-bond acceptors (Lipinski definition) is 5. The maximum absolute atomic E-state index is 13.9. The van der Waals surface area contributed by atoms with Gasteiger partial charge in [-0.25, -0.2) is 13.5 Å². The summed E-state index contributed by atoms with van der Waals surface area (Å²) >= 11 is 0. The molecule has 3 aromatic rings. The number of fused-ring (bicyclic) bond motifs is 1. The highest BCUT2D eigenvalue weighted by Gasteiger charge is 2.44. The minimum atomic E-state index is -4.84. The first-order valence-corrected chi connectivity index (χ1v) is 9.27. The predicted molar refractivity (Wildman–Crippen MR) is 95.9 cm³/mol. The molecule has 3 heterocycles. The Labute approximate surface area is 171 Å². The number of nitrogens with one attached hydrogen (secondary N) is 1. The average Bonchev–Trinajstić information content (AvgIpc) is 3.34. The number of carbonyl (C=O) groups excluding carboxylic acids is 1. The number of allylic oxidation sites excluding steroid dienone is 2. The first-order valence-electron chi connectivity index (χ1n) is 9.27. The summed E-state index contributed by atoms with van der Waals surface area (Å²) in [5, 5.41) is 6.26. The Balaban J connectivity index is 1.67. The van der Waals surface area contributed by atoms with Crippen LogP contribution in [-0.2, 0) is 11.0 Å². The fraction of sp³-hybridized carbons (Fsp3) is 0.250. The van der Waals surface area contributed by atoms with Crippen molar-refractivity contribution in [2.24, 2.45) is 0 Å². The van der Waals surface area contributed by atoms with Crippen LogP contribution in [0.15, 0.2) is 52.3 Å². The molecular formula is C20H13F5N4O2. The molecule has 11 heteroatoms. The number of alkyl halides is 3. The second-order valence-electron chi connectivity index (χ2n) is 7.37. The second kappa shape index (κ2) is 6.76. The smallest absolute Gasteiger partial charge is 0.453 e. The first kappa shape index (κ1) is 19.5. The summed E-state index contributed by atoms with van der Waals surface area (Å²) in [4.78, 5) is 16.6. The number of rotatable bonds is 2. The molecule has 0 unspecified atom stereocenters. The van der Waals surface area contributed by atoms with E-state index in [1.165, 1.54) is 6.26 Å². The molecule has 2 atom stereocenters. The summed E-state index contributed by atoms with van der Waals surface area (Å²) in [5.41, 5.74) is 0.371. The SMILES string of the molecule is O=C1C[C@H](c2ccco2)CC2=C1[C@H](c1cc(F)cc(F)c1)n1nc(C(F)(F)F)nc1N2. The zero-order valence-corrected chi connectivity index (χ0v) is 15.6. The highest BCUT2D eigenvalue weighted by Crippen LogP contribution is 2.45. The van der Waals surface area contributed by atoms with E-state index in [1.54, 1.807) is 12.1 Å². The Hall–Kier alpha value is -3.50. The van der Waals surface area contributed by atoms with Crippen molar-refractivity contribution in [2.75, 3.05) is 5.32 Å². The van der Waals surface area contributed by atoms with E-state index in [2.05, 4.69) is 15.4 Å². The lowest BCUT2D eigenvalue weighted by Gasteiger charge is -2.34. The van der Waals surface area contributed by atoms with Crippen LogP contribution in [0.1, 0.15) is 41.9 Å². The fourth-order valence-electron chi connectivity index (χ4n) is 4.10. The van der Waals surface area contributed by atoms with Crippen LogP contribution in [-0.4, -0.2) is 20.5 Å². The van der Waals surface area contributed by atoms with E-state index >= 15 is 0 Å². The molecule has 0 saturated carbocycles. The van der Waals surface area contributed by atoms with E-state index in [-0.39, 0.29) is 41.6 Å². The summed E-state index contributed by atoms with van der Waals surface area (Å²) in [6.07, 6.45) is -3.11. The Morgan fingerprint density at radius 2 is 1.87 bits per heavy atom. The van der Waals surface area contributed by atoms with E-state index in [0.717, 1.165) is 16.8 Å². The number of halogens is 5. The number of anilines is 1. The minimum absolute atomic E-state index is 0.0263. The zero-order chi connectivity index (χ0) is 21.9. The Morgan fingerprint density at radius 3 is 2.52 bits per heavy atom. The van der Waals surface area contributed by atoms with Gasteiger partial charge in [0, 0.05) is 29.7 Å². The molecule has 1 aliphatic carbocycles. The van der Waals surface area contributed by atoms with Crippen LogP contribution in [0.25, 0.3) is 0 Å². The molecular weight excluding hydrogens is 423 g/mol. The molecule has 2 aromatic heterocycles. The number of carbonyl (C=O) groups is 1. The molecule has 160 valence electrons. The topological polar surface area (TPSA) is 73.0 Å². The molecule has 6 nitrogen and oxygen atoms in total. The largest absolute Gasteiger partial charge is 0.469 e. The van der Waals surface area contributed by atoms with Crippen LogP contribution in [0, 0.1) is 11.6 Å². The number of hydrogen-bond donors (Lipinski definition) is 1. The predicted octanol–water partition coefficient (Wildman–Crippen LogP) is 4.58.